The third-order valence-electron chi connectivity index (χ3n) is 3.82. The highest BCUT2D eigenvalue weighted by Gasteiger charge is 2.15. The Morgan fingerprint density at radius 3 is 2.52 bits per heavy atom. The number of rotatable bonds is 2. The van der Waals surface area contributed by atoms with Crippen LogP contribution in [0, 0.1) is 5.82 Å². The first-order valence-corrected chi connectivity index (χ1v) is 7.38. The molecule has 5 heteroatoms. The minimum atomic E-state index is -0.624. The number of halogens is 2. The van der Waals surface area contributed by atoms with E-state index >= 15 is 0 Å². The molecule has 0 aliphatic rings. The fourth-order valence-electron chi connectivity index (χ4n) is 2.76. The topological polar surface area (TPSA) is 45.8 Å². The minimum absolute atomic E-state index is 0.170. The van der Waals surface area contributed by atoms with E-state index in [1.807, 2.05) is 24.3 Å². The lowest BCUT2D eigenvalue weighted by atomic mass is 10.1. The lowest BCUT2D eigenvalue weighted by molar-refractivity contribution is 0.107. The van der Waals surface area contributed by atoms with Crippen molar-refractivity contribution in [2.24, 2.45) is 0 Å². The summed E-state index contributed by atoms with van der Waals surface area (Å²) >= 11 is 5.63. The fraction of sp³-hybridized carbons (Fsp3) is 0. The Balaban J connectivity index is 2.12. The molecule has 0 atom stereocenters. The molecule has 0 aliphatic carbocycles. The van der Waals surface area contributed by atoms with Crippen molar-refractivity contribution in [1.82, 2.24) is 9.97 Å². The van der Waals surface area contributed by atoms with E-state index in [2.05, 4.69) is 9.97 Å². The van der Waals surface area contributed by atoms with Gasteiger partial charge in [0, 0.05) is 21.9 Å². The van der Waals surface area contributed by atoms with Gasteiger partial charge in [-0.05, 0) is 48.0 Å². The summed E-state index contributed by atoms with van der Waals surface area (Å²) in [4.78, 5) is 19.3. The Bertz CT molecular complexity index is 1050. The number of benzene rings is 2. The molecule has 4 aromatic rings. The highest BCUT2D eigenvalue weighted by atomic mass is 35.5. The molecule has 4 rings (SSSR count). The quantitative estimate of drug-likeness (QED) is 0.533. The summed E-state index contributed by atoms with van der Waals surface area (Å²) in [7, 11) is 0. The van der Waals surface area contributed by atoms with Crippen LogP contribution in [0.25, 0.3) is 33.1 Å². The van der Waals surface area contributed by atoms with Crippen LogP contribution in [0.4, 0.5) is 4.39 Å². The number of para-hydroxylation sites is 1. The van der Waals surface area contributed by atoms with Crippen LogP contribution < -0.4 is 0 Å². The second-order valence-corrected chi connectivity index (χ2v) is 5.57. The van der Waals surface area contributed by atoms with Crippen molar-refractivity contribution < 1.29 is 9.18 Å². The largest absolute Gasteiger partial charge is 0.353 e. The number of pyridine rings is 1. The van der Waals surface area contributed by atoms with E-state index in [1.165, 1.54) is 12.1 Å². The third-order valence-corrected chi connectivity index (χ3v) is 4.01. The summed E-state index contributed by atoms with van der Waals surface area (Å²) in [6, 6.07) is 15.4. The second-order valence-electron chi connectivity index (χ2n) is 5.23. The molecular formula is C18H10ClFN2O. The number of hydrogen-bond acceptors (Lipinski definition) is 2. The van der Waals surface area contributed by atoms with Crippen molar-refractivity contribution in [1.29, 1.82) is 0 Å². The molecule has 2 heterocycles. The lowest BCUT2D eigenvalue weighted by Crippen LogP contribution is -1.97. The maximum Gasteiger partial charge on any atom is 0.270 e. The van der Waals surface area contributed by atoms with E-state index in [0.29, 0.717) is 11.3 Å². The molecule has 0 aliphatic heterocycles. The molecule has 0 bridgehead atoms. The first-order valence-electron chi connectivity index (χ1n) is 7.01. The van der Waals surface area contributed by atoms with Crippen LogP contribution in [0.2, 0.25) is 0 Å². The van der Waals surface area contributed by atoms with E-state index in [9.17, 15) is 9.18 Å². The first kappa shape index (κ1) is 13.9. The summed E-state index contributed by atoms with van der Waals surface area (Å²) in [6.45, 7) is 0. The van der Waals surface area contributed by atoms with Gasteiger partial charge in [-0.15, -0.1) is 0 Å². The molecule has 0 radical (unpaired) electrons. The number of carbonyl (C=O) groups excluding carboxylic acids is 1. The van der Waals surface area contributed by atoms with Gasteiger partial charge >= 0.3 is 0 Å². The van der Waals surface area contributed by atoms with Crippen molar-refractivity contribution in [3.63, 3.8) is 0 Å². The maximum atomic E-state index is 13.2. The Labute approximate surface area is 135 Å². The van der Waals surface area contributed by atoms with Crippen molar-refractivity contribution in [3.8, 4) is 11.3 Å². The lowest BCUT2D eigenvalue weighted by Gasteiger charge is -2.05. The molecule has 3 nitrogen and oxygen atoms in total. The molecule has 112 valence electrons. The summed E-state index contributed by atoms with van der Waals surface area (Å²) in [5.74, 6) is -0.328. The number of nitrogens with one attached hydrogen (secondary N) is 1. The molecule has 0 saturated heterocycles. The normalized spacial score (nSPS) is 11.2. The monoisotopic (exact) mass is 324 g/mol. The Kier molecular flexibility index (Phi) is 3.13. The van der Waals surface area contributed by atoms with Gasteiger partial charge in [0.15, 0.2) is 0 Å². The van der Waals surface area contributed by atoms with Gasteiger partial charge in [-0.25, -0.2) is 9.37 Å². The van der Waals surface area contributed by atoms with Crippen molar-refractivity contribution in [3.05, 3.63) is 66.1 Å². The zero-order chi connectivity index (χ0) is 16.0. The average Bonchev–Trinajstić information content (AvgIpc) is 2.93. The molecule has 0 spiro atoms. The molecule has 0 fully saturated rings. The zero-order valence-electron chi connectivity index (χ0n) is 11.8. The third kappa shape index (κ3) is 2.28. The second kappa shape index (κ2) is 5.18. The Morgan fingerprint density at radius 1 is 1.04 bits per heavy atom. The van der Waals surface area contributed by atoms with Gasteiger partial charge in [-0.1, -0.05) is 18.2 Å². The van der Waals surface area contributed by atoms with Crippen LogP contribution in [0.3, 0.4) is 0 Å². The number of nitrogens with zero attached hydrogens (tertiary/aromatic N) is 1. The molecule has 2 aromatic heterocycles. The predicted molar refractivity (Wildman–Crippen MR) is 89.2 cm³/mol. The number of H-pyrrole nitrogens is 1. The highest BCUT2D eigenvalue weighted by molar-refractivity contribution is 6.67. The van der Waals surface area contributed by atoms with Crippen LogP contribution in [-0.4, -0.2) is 15.2 Å². The number of aromatic amines is 1. The predicted octanol–water partition coefficient (Wildman–Crippen LogP) is 4.90. The standard InChI is InChI=1S/C18H10ClFN2O/c19-18(23)15-9-13-12-3-1-2-4-14(12)21-17(13)16(22-15)10-5-7-11(20)8-6-10/h1-9,21H. The summed E-state index contributed by atoms with van der Waals surface area (Å²) in [6.07, 6.45) is 0. The van der Waals surface area contributed by atoms with Crippen LogP contribution in [0.5, 0.6) is 0 Å². The van der Waals surface area contributed by atoms with E-state index in [0.717, 1.165) is 21.8 Å². The summed E-state index contributed by atoms with van der Waals surface area (Å²) in [5, 5.41) is 1.21. The number of fused-ring (bicyclic) bond motifs is 3. The number of carbonyl (C=O) groups is 1. The summed E-state index contributed by atoms with van der Waals surface area (Å²) < 4.78 is 13.2. The van der Waals surface area contributed by atoms with E-state index in [1.54, 1.807) is 18.2 Å². The van der Waals surface area contributed by atoms with Gasteiger partial charge in [-0.3, -0.25) is 4.79 Å². The summed E-state index contributed by atoms with van der Waals surface area (Å²) in [5.41, 5.74) is 3.18. The number of aromatic nitrogens is 2. The van der Waals surface area contributed by atoms with Crippen LogP contribution in [0.1, 0.15) is 10.5 Å². The van der Waals surface area contributed by atoms with Crippen LogP contribution >= 0.6 is 11.6 Å². The fourth-order valence-corrected chi connectivity index (χ4v) is 2.86. The molecule has 2 aromatic carbocycles. The highest BCUT2D eigenvalue weighted by Crippen LogP contribution is 2.32. The molecular weight excluding hydrogens is 315 g/mol. The first-order chi connectivity index (χ1) is 11.1. The molecule has 23 heavy (non-hydrogen) atoms. The molecule has 1 N–H and O–H groups in total. The zero-order valence-corrected chi connectivity index (χ0v) is 12.6. The molecule has 0 amide bonds. The van der Waals surface area contributed by atoms with Gasteiger partial charge in [0.25, 0.3) is 5.24 Å². The van der Waals surface area contributed by atoms with Gasteiger partial charge in [-0.2, -0.15) is 0 Å². The number of hydrogen-bond donors (Lipinski definition) is 1. The molecule has 0 unspecified atom stereocenters. The molecule has 0 saturated carbocycles. The van der Waals surface area contributed by atoms with E-state index < -0.39 is 5.24 Å². The van der Waals surface area contributed by atoms with Gasteiger partial charge in [0.1, 0.15) is 11.5 Å². The van der Waals surface area contributed by atoms with Gasteiger partial charge in [0.2, 0.25) is 0 Å². The van der Waals surface area contributed by atoms with Crippen molar-refractivity contribution in [2.45, 2.75) is 0 Å². The van der Waals surface area contributed by atoms with Crippen LogP contribution in [0.15, 0.2) is 54.6 Å². The van der Waals surface area contributed by atoms with Crippen molar-refractivity contribution >= 4 is 38.6 Å². The van der Waals surface area contributed by atoms with Gasteiger partial charge < -0.3 is 4.98 Å². The van der Waals surface area contributed by atoms with Gasteiger partial charge in [0.05, 0.1) is 11.2 Å². The Morgan fingerprint density at radius 2 is 1.78 bits per heavy atom. The van der Waals surface area contributed by atoms with Crippen LogP contribution in [-0.2, 0) is 0 Å². The van der Waals surface area contributed by atoms with E-state index in [4.69, 9.17) is 11.6 Å². The van der Waals surface area contributed by atoms with Crippen molar-refractivity contribution in [2.75, 3.05) is 0 Å². The minimum Gasteiger partial charge on any atom is -0.353 e. The average molecular weight is 325 g/mol. The smallest absolute Gasteiger partial charge is 0.270 e. The maximum absolute atomic E-state index is 13.2. The SMILES string of the molecule is O=C(Cl)c1cc2c([nH]c3ccccc32)c(-c2ccc(F)cc2)n1. The van der Waals surface area contributed by atoms with E-state index in [-0.39, 0.29) is 11.5 Å². The Hall–Kier alpha value is -2.72.